The molecule has 2 aromatic rings. The normalized spacial score (nSPS) is 10.4. The largest absolute Gasteiger partial charge is 0.508 e. The third-order valence-corrected chi connectivity index (χ3v) is 2.22. The minimum atomic E-state index is -0.333. The molecule has 0 aliphatic rings. The first-order chi connectivity index (χ1) is 8.75. The molecule has 90 valence electrons. The van der Waals surface area contributed by atoms with Crippen molar-refractivity contribution in [2.24, 2.45) is 5.10 Å². The van der Waals surface area contributed by atoms with Crippen LogP contribution < -0.4 is 5.43 Å². The molecular weight excluding hydrogens is 230 g/mol. The number of aromatic hydroxyl groups is 1. The number of amides is 1. The number of hydrogen-bond donors (Lipinski definition) is 2. The average molecular weight is 241 g/mol. The quantitative estimate of drug-likeness (QED) is 0.632. The van der Waals surface area contributed by atoms with Gasteiger partial charge in [-0.15, -0.1) is 0 Å². The van der Waals surface area contributed by atoms with Crippen LogP contribution in [0.4, 0.5) is 0 Å². The molecule has 0 fully saturated rings. The molecule has 0 saturated heterocycles. The molecule has 1 amide bonds. The fraction of sp³-hybridized carbons (Fsp3) is 0. The van der Waals surface area contributed by atoms with E-state index in [1.54, 1.807) is 24.5 Å². The second kappa shape index (κ2) is 5.58. The first-order valence-electron chi connectivity index (χ1n) is 5.28. The summed E-state index contributed by atoms with van der Waals surface area (Å²) in [5.41, 5.74) is 3.67. The van der Waals surface area contributed by atoms with Crippen LogP contribution in [0.2, 0.25) is 0 Å². The molecule has 0 bridgehead atoms. The summed E-state index contributed by atoms with van der Waals surface area (Å²) in [6.45, 7) is 0. The van der Waals surface area contributed by atoms with Crippen molar-refractivity contribution in [2.45, 2.75) is 0 Å². The van der Waals surface area contributed by atoms with Crippen LogP contribution in [0, 0.1) is 0 Å². The highest BCUT2D eigenvalue weighted by atomic mass is 16.3. The Kier molecular flexibility index (Phi) is 3.66. The number of benzene rings is 1. The van der Waals surface area contributed by atoms with Gasteiger partial charge in [-0.25, -0.2) is 5.43 Å². The lowest BCUT2D eigenvalue weighted by Gasteiger charge is -1.99. The summed E-state index contributed by atoms with van der Waals surface area (Å²) in [4.78, 5) is 15.5. The van der Waals surface area contributed by atoms with Crippen molar-refractivity contribution in [3.8, 4) is 5.75 Å². The van der Waals surface area contributed by atoms with Gasteiger partial charge in [-0.2, -0.15) is 5.10 Å². The van der Waals surface area contributed by atoms with Gasteiger partial charge in [-0.3, -0.25) is 9.78 Å². The monoisotopic (exact) mass is 241 g/mol. The molecular formula is C13H11N3O2. The number of pyridine rings is 1. The number of phenols is 1. The highest BCUT2D eigenvalue weighted by Gasteiger charge is 2.02. The molecule has 5 heteroatoms. The van der Waals surface area contributed by atoms with Crippen LogP contribution in [0.25, 0.3) is 0 Å². The number of rotatable bonds is 3. The number of nitrogens with one attached hydrogen (secondary N) is 1. The van der Waals surface area contributed by atoms with Crippen LogP contribution >= 0.6 is 0 Å². The maximum absolute atomic E-state index is 11.6. The van der Waals surface area contributed by atoms with Gasteiger partial charge in [-0.05, 0) is 42.0 Å². The highest BCUT2D eigenvalue weighted by molar-refractivity contribution is 5.94. The van der Waals surface area contributed by atoms with Crippen molar-refractivity contribution in [3.05, 3.63) is 59.9 Å². The summed E-state index contributed by atoms with van der Waals surface area (Å²) in [6, 6.07) is 9.48. The molecule has 1 aromatic carbocycles. The molecule has 0 unspecified atom stereocenters. The first kappa shape index (κ1) is 11.8. The molecule has 2 N–H and O–H groups in total. The van der Waals surface area contributed by atoms with Gasteiger partial charge in [0.05, 0.1) is 6.21 Å². The highest BCUT2D eigenvalue weighted by Crippen LogP contribution is 2.09. The second-order valence-electron chi connectivity index (χ2n) is 3.53. The van der Waals surface area contributed by atoms with Crippen molar-refractivity contribution < 1.29 is 9.90 Å². The number of hydrogen-bond acceptors (Lipinski definition) is 4. The molecule has 18 heavy (non-hydrogen) atoms. The van der Waals surface area contributed by atoms with Gasteiger partial charge in [0.1, 0.15) is 5.75 Å². The Balaban J connectivity index is 1.96. The molecule has 1 aromatic heterocycles. The minimum Gasteiger partial charge on any atom is -0.508 e. The Labute approximate surface area is 104 Å². The van der Waals surface area contributed by atoms with Crippen LogP contribution in [-0.2, 0) is 0 Å². The molecule has 0 atom stereocenters. The van der Waals surface area contributed by atoms with E-state index in [4.69, 9.17) is 5.11 Å². The lowest BCUT2D eigenvalue weighted by Crippen LogP contribution is -2.17. The molecule has 0 aliphatic carbocycles. The van der Waals surface area contributed by atoms with Gasteiger partial charge < -0.3 is 5.11 Å². The van der Waals surface area contributed by atoms with Gasteiger partial charge in [-0.1, -0.05) is 0 Å². The van der Waals surface area contributed by atoms with E-state index in [0.717, 1.165) is 5.56 Å². The number of hydrazone groups is 1. The van der Waals surface area contributed by atoms with E-state index in [1.165, 1.54) is 30.5 Å². The van der Waals surface area contributed by atoms with Crippen molar-refractivity contribution >= 4 is 12.1 Å². The lowest BCUT2D eigenvalue weighted by molar-refractivity contribution is 0.0955. The van der Waals surface area contributed by atoms with E-state index in [-0.39, 0.29) is 11.7 Å². The van der Waals surface area contributed by atoms with Crippen molar-refractivity contribution in [1.82, 2.24) is 10.4 Å². The second-order valence-corrected chi connectivity index (χ2v) is 3.53. The van der Waals surface area contributed by atoms with E-state index in [2.05, 4.69) is 15.5 Å². The van der Waals surface area contributed by atoms with Crippen LogP contribution in [0.3, 0.4) is 0 Å². The van der Waals surface area contributed by atoms with Gasteiger partial charge >= 0.3 is 0 Å². The zero-order chi connectivity index (χ0) is 12.8. The zero-order valence-electron chi connectivity index (χ0n) is 9.45. The van der Waals surface area contributed by atoms with E-state index in [1.807, 2.05) is 0 Å². The molecule has 0 radical (unpaired) electrons. The third kappa shape index (κ3) is 3.15. The summed E-state index contributed by atoms with van der Waals surface area (Å²) >= 11 is 0. The molecule has 2 rings (SSSR count). The Morgan fingerprint density at radius 3 is 2.50 bits per heavy atom. The first-order valence-corrected chi connectivity index (χ1v) is 5.28. The third-order valence-electron chi connectivity index (χ3n) is 2.22. The van der Waals surface area contributed by atoms with Crippen LogP contribution in [0.5, 0.6) is 5.75 Å². The maximum atomic E-state index is 11.6. The Morgan fingerprint density at radius 2 is 1.83 bits per heavy atom. The maximum Gasteiger partial charge on any atom is 0.271 e. The van der Waals surface area contributed by atoms with E-state index in [0.29, 0.717) is 5.56 Å². The summed E-state index contributed by atoms with van der Waals surface area (Å²) in [6.07, 6.45) is 4.81. The van der Waals surface area contributed by atoms with Crippen molar-refractivity contribution in [3.63, 3.8) is 0 Å². The van der Waals surface area contributed by atoms with E-state index >= 15 is 0 Å². The lowest BCUT2D eigenvalue weighted by atomic mass is 10.2. The summed E-state index contributed by atoms with van der Waals surface area (Å²) in [5, 5.41) is 12.9. The number of phenolic OH excluding ortho intramolecular Hbond substituents is 1. The van der Waals surface area contributed by atoms with Gasteiger partial charge in [0.15, 0.2) is 0 Å². The van der Waals surface area contributed by atoms with Crippen LogP contribution in [0.1, 0.15) is 15.9 Å². The number of nitrogens with zero attached hydrogens (tertiary/aromatic N) is 2. The topological polar surface area (TPSA) is 74.6 Å². The standard InChI is InChI=1S/C13H11N3O2/c17-12-3-1-11(2-4-12)13(18)16-15-9-10-5-7-14-8-6-10/h1-9,17H,(H,16,18)/b15-9-. The summed E-state index contributed by atoms with van der Waals surface area (Å²) < 4.78 is 0. The van der Waals surface area contributed by atoms with Gasteiger partial charge in [0.2, 0.25) is 0 Å². The Morgan fingerprint density at radius 1 is 1.17 bits per heavy atom. The molecule has 0 aliphatic heterocycles. The SMILES string of the molecule is O=C(N/N=C\c1ccncc1)c1ccc(O)cc1. The predicted molar refractivity (Wildman–Crippen MR) is 67.4 cm³/mol. The molecule has 0 spiro atoms. The number of aromatic nitrogens is 1. The molecule has 1 heterocycles. The zero-order valence-corrected chi connectivity index (χ0v) is 9.45. The Bertz CT molecular complexity index is 550. The number of carbonyl (C=O) groups excluding carboxylic acids is 1. The summed E-state index contributed by atoms with van der Waals surface area (Å²) in [7, 11) is 0. The van der Waals surface area contributed by atoms with Gasteiger partial charge in [0.25, 0.3) is 5.91 Å². The fourth-order valence-electron chi connectivity index (χ4n) is 1.29. The summed E-state index contributed by atoms with van der Waals surface area (Å²) in [5.74, 6) is -0.216. The molecule has 5 nitrogen and oxygen atoms in total. The average Bonchev–Trinajstić information content (AvgIpc) is 2.40. The number of carbonyl (C=O) groups is 1. The minimum absolute atomic E-state index is 0.117. The van der Waals surface area contributed by atoms with Crippen LogP contribution in [0.15, 0.2) is 53.9 Å². The van der Waals surface area contributed by atoms with E-state index in [9.17, 15) is 4.79 Å². The fourth-order valence-corrected chi connectivity index (χ4v) is 1.29. The van der Waals surface area contributed by atoms with Crippen molar-refractivity contribution in [1.29, 1.82) is 0 Å². The smallest absolute Gasteiger partial charge is 0.271 e. The van der Waals surface area contributed by atoms with E-state index < -0.39 is 0 Å². The predicted octanol–water partition coefficient (Wildman–Crippen LogP) is 1.55. The Hall–Kier alpha value is -2.69. The van der Waals surface area contributed by atoms with Gasteiger partial charge in [0, 0.05) is 18.0 Å². The molecule has 0 saturated carbocycles. The van der Waals surface area contributed by atoms with Crippen LogP contribution in [-0.4, -0.2) is 22.2 Å². The van der Waals surface area contributed by atoms with Crippen molar-refractivity contribution in [2.75, 3.05) is 0 Å².